The largest absolute Gasteiger partial charge is 0.383 e. The minimum atomic E-state index is 0.511. The number of nitrogens with two attached hydrogens (primary N) is 1. The van der Waals surface area contributed by atoms with E-state index in [2.05, 4.69) is 44.5 Å². The molecule has 5 nitrogen and oxygen atoms in total. The molecule has 1 saturated heterocycles. The SMILES string of the molecule is Nc1nc(NCc2ccccc2N2CCCCC2)nc2ccccc12. The molecule has 2 aromatic carbocycles. The highest BCUT2D eigenvalue weighted by Crippen LogP contribution is 2.25. The number of nitrogen functional groups attached to an aromatic ring is 1. The van der Waals surface area contributed by atoms with Gasteiger partial charge in [-0.1, -0.05) is 30.3 Å². The normalized spacial score (nSPS) is 14.6. The van der Waals surface area contributed by atoms with Crippen molar-refractivity contribution in [2.45, 2.75) is 25.8 Å². The fourth-order valence-corrected chi connectivity index (χ4v) is 3.46. The lowest BCUT2D eigenvalue weighted by Gasteiger charge is -2.30. The lowest BCUT2D eigenvalue weighted by molar-refractivity contribution is 0.576. The molecule has 4 rings (SSSR count). The van der Waals surface area contributed by atoms with Crippen molar-refractivity contribution in [3.8, 4) is 0 Å². The highest BCUT2D eigenvalue weighted by Gasteiger charge is 2.14. The van der Waals surface area contributed by atoms with Crippen LogP contribution in [0.15, 0.2) is 48.5 Å². The zero-order valence-electron chi connectivity index (χ0n) is 14.3. The van der Waals surface area contributed by atoms with Crippen molar-refractivity contribution in [3.63, 3.8) is 0 Å². The molecule has 0 atom stereocenters. The van der Waals surface area contributed by atoms with Gasteiger partial charge in [0.2, 0.25) is 5.95 Å². The molecule has 5 heteroatoms. The van der Waals surface area contributed by atoms with Crippen LogP contribution in [0.1, 0.15) is 24.8 Å². The molecule has 0 amide bonds. The molecule has 0 unspecified atom stereocenters. The fraction of sp³-hybridized carbons (Fsp3) is 0.300. The van der Waals surface area contributed by atoms with Crippen LogP contribution in [0.3, 0.4) is 0 Å². The van der Waals surface area contributed by atoms with Crippen LogP contribution in [-0.2, 0) is 6.54 Å². The Labute approximate surface area is 147 Å². The standard InChI is InChI=1S/C20H23N5/c21-19-16-9-3-4-10-17(16)23-20(24-19)22-14-15-8-2-5-11-18(15)25-12-6-1-7-13-25/h2-5,8-11H,1,6-7,12-14H2,(H3,21,22,23,24). The van der Waals surface area contributed by atoms with E-state index in [-0.39, 0.29) is 0 Å². The molecule has 1 fully saturated rings. The molecule has 1 aliphatic rings. The summed E-state index contributed by atoms with van der Waals surface area (Å²) in [5, 5.41) is 4.24. The molecule has 2 heterocycles. The molecule has 1 aliphatic heterocycles. The van der Waals surface area contributed by atoms with Gasteiger partial charge in [0.05, 0.1) is 5.52 Å². The number of anilines is 3. The van der Waals surface area contributed by atoms with Crippen LogP contribution in [-0.4, -0.2) is 23.1 Å². The van der Waals surface area contributed by atoms with Gasteiger partial charge in [0.1, 0.15) is 5.82 Å². The molecule has 128 valence electrons. The summed E-state index contributed by atoms with van der Waals surface area (Å²) in [5.41, 5.74) is 9.51. The van der Waals surface area contributed by atoms with E-state index in [0.717, 1.165) is 24.0 Å². The topological polar surface area (TPSA) is 67.1 Å². The highest BCUT2D eigenvalue weighted by molar-refractivity contribution is 5.88. The van der Waals surface area contributed by atoms with Crippen LogP contribution < -0.4 is 16.0 Å². The van der Waals surface area contributed by atoms with Gasteiger partial charge in [0, 0.05) is 30.7 Å². The highest BCUT2D eigenvalue weighted by atomic mass is 15.1. The molecular weight excluding hydrogens is 310 g/mol. The first-order valence-corrected chi connectivity index (χ1v) is 8.90. The van der Waals surface area contributed by atoms with Gasteiger partial charge in [0.15, 0.2) is 0 Å². The third-order valence-corrected chi connectivity index (χ3v) is 4.76. The van der Waals surface area contributed by atoms with E-state index in [1.54, 1.807) is 0 Å². The third kappa shape index (κ3) is 3.36. The maximum absolute atomic E-state index is 6.07. The summed E-state index contributed by atoms with van der Waals surface area (Å²) in [6.45, 7) is 2.96. The summed E-state index contributed by atoms with van der Waals surface area (Å²) in [7, 11) is 0. The Morgan fingerprint density at radius 1 is 0.920 bits per heavy atom. The number of para-hydroxylation sites is 2. The summed E-state index contributed by atoms with van der Waals surface area (Å²) in [4.78, 5) is 11.5. The van der Waals surface area contributed by atoms with Crippen LogP contribution in [0.2, 0.25) is 0 Å². The van der Waals surface area contributed by atoms with Crippen molar-refractivity contribution in [1.82, 2.24) is 9.97 Å². The van der Waals surface area contributed by atoms with Gasteiger partial charge >= 0.3 is 0 Å². The molecular formula is C20H23N5. The number of nitrogens with one attached hydrogen (secondary N) is 1. The minimum Gasteiger partial charge on any atom is -0.383 e. The Morgan fingerprint density at radius 3 is 2.56 bits per heavy atom. The van der Waals surface area contributed by atoms with E-state index < -0.39 is 0 Å². The van der Waals surface area contributed by atoms with Gasteiger partial charge in [0.25, 0.3) is 0 Å². The summed E-state index contributed by atoms with van der Waals surface area (Å²) in [6, 6.07) is 16.4. The minimum absolute atomic E-state index is 0.511. The van der Waals surface area contributed by atoms with E-state index in [1.165, 1.54) is 30.5 Å². The quantitative estimate of drug-likeness (QED) is 0.760. The summed E-state index contributed by atoms with van der Waals surface area (Å²) in [6.07, 6.45) is 3.87. The second-order valence-corrected chi connectivity index (χ2v) is 6.48. The number of hydrogen-bond donors (Lipinski definition) is 2. The smallest absolute Gasteiger partial charge is 0.225 e. The van der Waals surface area contributed by atoms with E-state index in [4.69, 9.17) is 5.73 Å². The van der Waals surface area contributed by atoms with E-state index in [1.807, 2.05) is 24.3 Å². The molecule has 0 radical (unpaired) electrons. The van der Waals surface area contributed by atoms with Crippen molar-refractivity contribution < 1.29 is 0 Å². The van der Waals surface area contributed by atoms with Gasteiger partial charge in [-0.3, -0.25) is 0 Å². The Bertz CT molecular complexity index is 871. The summed E-state index contributed by atoms with van der Waals surface area (Å²) < 4.78 is 0. The van der Waals surface area contributed by atoms with Crippen molar-refractivity contribution in [3.05, 3.63) is 54.1 Å². The predicted molar refractivity (Wildman–Crippen MR) is 104 cm³/mol. The Balaban J connectivity index is 1.55. The average Bonchev–Trinajstić information content (AvgIpc) is 2.67. The van der Waals surface area contributed by atoms with Crippen molar-refractivity contribution in [2.75, 3.05) is 29.0 Å². The number of fused-ring (bicyclic) bond motifs is 1. The first kappa shape index (κ1) is 15.7. The molecule has 1 aromatic heterocycles. The van der Waals surface area contributed by atoms with Gasteiger partial charge in [-0.15, -0.1) is 0 Å². The number of benzene rings is 2. The Kier molecular flexibility index (Phi) is 4.37. The zero-order chi connectivity index (χ0) is 17.1. The Hall–Kier alpha value is -2.82. The van der Waals surface area contributed by atoms with Crippen LogP contribution in [0, 0.1) is 0 Å². The van der Waals surface area contributed by atoms with E-state index >= 15 is 0 Å². The maximum Gasteiger partial charge on any atom is 0.225 e. The number of hydrogen-bond acceptors (Lipinski definition) is 5. The Morgan fingerprint density at radius 2 is 1.68 bits per heavy atom. The third-order valence-electron chi connectivity index (χ3n) is 4.76. The molecule has 25 heavy (non-hydrogen) atoms. The van der Waals surface area contributed by atoms with Crippen LogP contribution >= 0.6 is 0 Å². The van der Waals surface area contributed by atoms with Crippen LogP contribution in [0.25, 0.3) is 10.9 Å². The molecule has 0 bridgehead atoms. The molecule has 0 aliphatic carbocycles. The predicted octanol–water partition coefficient (Wildman–Crippen LogP) is 3.81. The molecule has 0 spiro atoms. The van der Waals surface area contributed by atoms with Gasteiger partial charge in [-0.2, -0.15) is 4.98 Å². The maximum atomic E-state index is 6.07. The van der Waals surface area contributed by atoms with Gasteiger partial charge < -0.3 is 16.0 Å². The number of piperidine rings is 1. The zero-order valence-corrected chi connectivity index (χ0v) is 14.3. The number of rotatable bonds is 4. The second-order valence-electron chi connectivity index (χ2n) is 6.48. The molecule has 3 N–H and O–H groups in total. The first-order chi connectivity index (χ1) is 12.3. The number of nitrogens with zero attached hydrogens (tertiary/aromatic N) is 3. The van der Waals surface area contributed by atoms with Crippen molar-refractivity contribution in [1.29, 1.82) is 0 Å². The van der Waals surface area contributed by atoms with E-state index in [9.17, 15) is 0 Å². The van der Waals surface area contributed by atoms with Crippen molar-refractivity contribution in [2.24, 2.45) is 0 Å². The monoisotopic (exact) mass is 333 g/mol. The summed E-state index contributed by atoms with van der Waals surface area (Å²) in [5.74, 6) is 1.09. The molecule has 0 saturated carbocycles. The van der Waals surface area contributed by atoms with E-state index in [0.29, 0.717) is 18.3 Å². The van der Waals surface area contributed by atoms with Crippen LogP contribution in [0.5, 0.6) is 0 Å². The summed E-state index contributed by atoms with van der Waals surface area (Å²) >= 11 is 0. The number of aromatic nitrogens is 2. The average molecular weight is 333 g/mol. The lowest BCUT2D eigenvalue weighted by Crippen LogP contribution is -2.30. The van der Waals surface area contributed by atoms with Gasteiger partial charge in [-0.25, -0.2) is 4.98 Å². The van der Waals surface area contributed by atoms with Crippen molar-refractivity contribution >= 4 is 28.4 Å². The molecule has 3 aromatic rings. The van der Waals surface area contributed by atoms with Gasteiger partial charge in [-0.05, 0) is 43.0 Å². The lowest BCUT2D eigenvalue weighted by atomic mass is 10.1. The fourth-order valence-electron chi connectivity index (χ4n) is 3.46. The first-order valence-electron chi connectivity index (χ1n) is 8.90. The second kappa shape index (κ2) is 6.97. The van der Waals surface area contributed by atoms with Crippen LogP contribution in [0.4, 0.5) is 17.5 Å².